The number of esters is 1. The lowest BCUT2D eigenvalue weighted by atomic mass is 10.1. The Bertz CT molecular complexity index is 926. The van der Waals surface area contributed by atoms with Gasteiger partial charge < -0.3 is 18.9 Å². The molecule has 138 valence electrons. The second-order valence-corrected chi connectivity index (χ2v) is 5.58. The Hall–Kier alpha value is -3.54. The van der Waals surface area contributed by atoms with E-state index in [1.807, 2.05) is 24.3 Å². The van der Waals surface area contributed by atoms with Gasteiger partial charge >= 0.3 is 5.97 Å². The summed E-state index contributed by atoms with van der Waals surface area (Å²) < 4.78 is 20.9. The van der Waals surface area contributed by atoms with Crippen molar-refractivity contribution in [3.05, 3.63) is 65.4 Å². The molecule has 0 aromatic heterocycles. The smallest absolute Gasteiger partial charge is 0.363 e. The highest BCUT2D eigenvalue weighted by Crippen LogP contribution is 2.27. The van der Waals surface area contributed by atoms with Crippen molar-refractivity contribution < 1.29 is 23.7 Å². The van der Waals surface area contributed by atoms with E-state index in [2.05, 4.69) is 4.99 Å². The number of rotatable bonds is 6. The van der Waals surface area contributed by atoms with Crippen LogP contribution in [-0.2, 0) is 9.53 Å². The van der Waals surface area contributed by atoms with Crippen molar-refractivity contribution >= 4 is 24.0 Å². The topological polar surface area (TPSA) is 66.3 Å². The standard InChI is InChI=1S/C21H19NO5/c1-24-16-7-4-14(5-8-16)6-11-20-22-18(21(23)27-20)13-15-12-17(25-2)9-10-19(15)26-3/h4-13H,1-3H3/b11-6+,18-13-. The third-order valence-electron chi connectivity index (χ3n) is 3.90. The number of carbonyl (C=O) groups excluding carboxylic acids is 1. The van der Waals surface area contributed by atoms with Crippen molar-refractivity contribution in [2.24, 2.45) is 4.99 Å². The Labute approximate surface area is 157 Å². The molecule has 1 aliphatic heterocycles. The average molecular weight is 365 g/mol. The normalized spacial score (nSPS) is 15.0. The summed E-state index contributed by atoms with van der Waals surface area (Å²) in [6.45, 7) is 0. The van der Waals surface area contributed by atoms with E-state index in [1.54, 1.807) is 57.8 Å². The van der Waals surface area contributed by atoms with Crippen LogP contribution in [0, 0.1) is 0 Å². The molecule has 0 fully saturated rings. The van der Waals surface area contributed by atoms with Crippen molar-refractivity contribution in [2.45, 2.75) is 0 Å². The number of cyclic esters (lactones) is 1. The number of hydrogen-bond donors (Lipinski definition) is 0. The van der Waals surface area contributed by atoms with Gasteiger partial charge in [0.25, 0.3) is 0 Å². The fourth-order valence-electron chi connectivity index (χ4n) is 2.48. The lowest BCUT2D eigenvalue weighted by molar-refractivity contribution is -0.129. The van der Waals surface area contributed by atoms with Crippen molar-refractivity contribution in [2.75, 3.05) is 21.3 Å². The highest BCUT2D eigenvalue weighted by molar-refractivity contribution is 6.11. The summed E-state index contributed by atoms with van der Waals surface area (Å²) in [5.41, 5.74) is 1.80. The predicted molar refractivity (Wildman–Crippen MR) is 103 cm³/mol. The molecule has 0 radical (unpaired) electrons. The molecule has 6 nitrogen and oxygen atoms in total. The molecule has 6 heteroatoms. The Morgan fingerprint density at radius 3 is 2.26 bits per heavy atom. The van der Waals surface area contributed by atoms with Crippen molar-refractivity contribution in [1.29, 1.82) is 0 Å². The summed E-state index contributed by atoms with van der Waals surface area (Å²) in [7, 11) is 4.74. The minimum atomic E-state index is -0.519. The maximum Gasteiger partial charge on any atom is 0.363 e. The second kappa shape index (κ2) is 8.23. The summed E-state index contributed by atoms with van der Waals surface area (Å²) >= 11 is 0. The van der Waals surface area contributed by atoms with Gasteiger partial charge in [-0.25, -0.2) is 9.79 Å². The van der Waals surface area contributed by atoms with Gasteiger partial charge in [0.2, 0.25) is 5.90 Å². The van der Waals surface area contributed by atoms with Crippen LogP contribution in [0.15, 0.2) is 59.2 Å². The number of benzene rings is 2. The monoisotopic (exact) mass is 365 g/mol. The summed E-state index contributed by atoms with van der Waals surface area (Å²) in [6.07, 6.45) is 5.06. The third-order valence-corrected chi connectivity index (χ3v) is 3.90. The first-order valence-electron chi connectivity index (χ1n) is 8.19. The Balaban J connectivity index is 1.83. The molecular weight excluding hydrogens is 346 g/mol. The highest BCUT2D eigenvalue weighted by atomic mass is 16.6. The first-order chi connectivity index (χ1) is 13.1. The summed E-state index contributed by atoms with van der Waals surface area (Å²) in [6, 6.07) is 12.8. The number of hydrogen-bond acceptors (Lipinski definition) is 6. The third kappa shape index (κ3) is 4.36. The molecule has 0 atom stereocenters. The van der Waals surface area contributed by atoms with Crippen LogP contribution in [0.25, 0.3) is 12.2 Å². The van der Waals surface area contributed by atoms with E-state index < -0.39 is 5.97 Å². The summed E-state index contributed by atoms with van der Waals surface area (Å²) in [5.74, 6) is 1.73. The Morgan fingerprint density at radius 2 is 1.59 bits per heavy atom. The molecular formula is C21H19NO5. The maximum atomic E-state index is 12.1. The van der Waals surface area contributed by atoms with E-state index in [4.69, 9.17) is 18.9 Å². The summed E-state index contributed by atoms with van der Waals surface area (Å²) in [5, 5.41) is 0. The molecule has 1 heterocycles. The zero-order chi connectivity index (χ0) is 19.2. The molecule has 0 aliphatic carbocycles. The van der Waals surface area contributed by atoms with Crippen LogP contribution in [0.5, 0.6) is 17.2 Å². The number of methoxy groups -OCH3 is 3. The average Bonchev–Trinajstić information content (AvgIpc) is 3.06. The summed E-state index contributed by atoms with van der Waals surface area (Å²) in [4.78, 5) is 16.4. The van der Waals surface area contributed by atoms with Gasteiger partial charge in [-0.1, -0.05) is 12.1 Å². The predicted octanol–water partition coefficient (Wildman–Crippen LogP) is 3.72. The number of carbonyl (C=O) groups is 1. The van der Waals surface area contributed by atoms with Crippen LogP contribution in [0.1, 0.15) is 11.1 Å². The molecule has 0 N–H and O–H groups in total. The Kier molecular flexibility index (Phi) is 5.56. The van der Waals surface area contributed by atoms with Crippen LogP contribution in [-0.4, -0.2) is 33.2 Å². The van der Waals surface area contributed by atoms with Gasteiger partial charge in [-0.2, -0.15) is 0 Å². The first-order valence-corrected chi connectivity index (χ1v) is 8.19. The van der Waals surface area contributed by atoms with Gasteiger partial charge in [-0.3, -0.25) is 0 Å². The van der Waals surface area contributed by atoms with Gasteiger partial charge in [0.1, 0.15) is 17.2 Å². The van der Waals surface area contributed by atoms with Crippen molar-refractivity contribution in [1.82, 2.24) is 0 Å². The van der Waals surface area contributed by atoms with E-state index in [-0.39, 0.29) is 11.6 Å². The van der Waals surface area contributed by atoms with Crippen molar-refractivity contribution in [3.63, 3.8) is 0 Å². The van der Waals surface area contributed by atoms with Gasteiger partial charge in [0.05, 0.1) is 21.3 Å². The highest BCUT2D eigenvalue weighted by Gasteiger charge is 2.21. The molecule has 0 amide bonds. The van der Waals surface area contributed by atoms with Crippen LogP contribution in [0.3, 0.4) is 0 Å². The zero-order valence-electron chi connectivity index (χ0n) is 15.3. The van der Waals surface area contributed by atoms with Gasteiger partial charge in [-0.15, -0.1) is 0 Å². The minimum Gasteiger partial charge on any atom is -0.497 e. The molecule has 0 saturated heterocycles. The van der Waals surface area contributed by atoms with Crippen LogP contribution < -0.4 is 14.2 Å². The zero-order valence-corrected chi connectivity index (χ0v) is 15.3. The van der Waals surface area contributed by atoms with E-state index in [9.17, 15) is 4.79 Å². The number of aliphatic imine (C=N–C) groups is 1. The van der Waals surface area contributed by atoms with Gasteiger partial charge in [0.15, 0.2) is 5.70 Å². The quantitative estimate of drug-likeness (QED) is 0.577. The van der Waals surface area contributed by atoms with E-state index in [0.29, 0.717) is 17.1 Å². The second-order valence-electron chi connectivity index (χ2n) is 5.58. The van der Waals surface area contributed by atoms with Crippen LogP contribution >= 0.6 is 0 Å². The molecule has 0 spiro atoms. The van der Waals surface area contributed by atoms with E-state index in [1.165, 1.54) is 0 Å². The molecule has 0 bridgehead atoms. The maximum absolute atomic E-state index is 12.1. The fourth-order valence-corrected chi connectivity index (χ4v) is 2.48. The van der Waals surface area contributed by atoms with Crippen molar-refractivity contribution in [3.8, 4) is 17.2 Å². The van der Waals surface area contributed by atoms with Gasteiger partial charge in [-0.05, 0) is 48.0 Å². The lowest BCUT2D eigenvalue weighted by Gasteiger charge is -2.07. The molecule has 1 aliphatic rings. The first kappa shape index (κ1) is 18.3. The SMILES string of the molecule is COc1ccc(/C=C/C2=NC(=C\c3cc(OC)ccc3OC)/C(=O)O2)cc1. The van der Waals surface area contributed by atoms with E-state index in [0.717, 1.165) is 11.3 Å². The molecule has 3 rings (SSSR count). The Morgan fingerprint density at radius 1 is 0.889 bits per heavy atom. The molecule has 2 aromatic rings. The fraction of sp³-hybridized carbons (Fsp3) is 0.143. The molecule has 0 saturated carbocycles. The largest absolute Gasteiger partial charge is 0.497 e. The molecule has 27 heavy (non-hydrogen) atoms. The number of ether oxygens (including phenoxy) is 4. The molecule has 0 unspecified atom stereocenters. The molecule has 2 aromatic carbocycles. The van der Waals surface area contributed by atoms with E-state index >= 15 is 0 Å². The van der Waals surface area contributed by atoms with Crippen LogP contribution in [0.4, 0.5) is 0 Å². The number of nitrogens with zero attached hydrogens (tertiary/aromatic N) is 1. The van der Waals surface area contributed by atoms with Gasteiger partial charge in [0, 0.05) is 11.6 Å². The van der Waals surface area contributed by atoms with Crippen LogP contribution in [0.2, 0.25) is 0 Å². The lowest BCUT2D eigenvalue weighted by Crippen LogP contribution is -2.01. The minimum absolute atomic E-state index is 0.191.